The van der Waals surface area contributed by atoms with Crippen LogP contribution in [0.25, 0.3) is 0 Å². The Hall–Kier alpha value is -3.01. The van der Waals surface area contributed by atoms with Crippen molar-refractivity contribution >= 4 is 45.1 Å². The SMILES string of the molecule is COC(=O)c1ccccc1NC(=O)C1CCCN(c2nnc(N3CCCC3=O)s2)C1. The summed E-state index contributed by atoms with van der Waals surface area (Å²) in [6.07, 6.45) is 2.98. The number of hydrogen-bond acceptors (Lipinski definition) is 8. The molecule has 1 unspecified atom stereocenters. The normalized spacial score (nSPS) is 19.1. The van der Waals surface area contributed by atoms with E-state index in [1.807, 2.05) is 4.90 Å². The number of carbonyl (C=O) groups is 3. The Morgan fingerprint density at radius 1 is 1.17 bits per heavy atom. The lowest BCUT2D eigenvalue weighted by Gasteiger charge is -2.31. The average Bonchev–Trinajstić information content (AvgIpc) is 3.42. The quantitative estimate of drug-likeness (QED) is 0.727. The van der Waals surface area contributed by atoms with E-state index in [0.29, 0.717) is 35.9 Å². The van der Waals surface area contributed by atoms with Crippen LogP contribution in [-0.4, -0.2) is 54.7 Å². The van der Waals surface area contributed by atoms with Crippen LogP contribution in [0, 0.1) is 5.92 Å². The molecule has 4 rings (SSSR count). The first kappa shape index (κ1) is 20.3. The minimum Gasteiger partial charge on any atom is -0.465 e. The molecule has 2 aliphatic heterocycles. The van der Waals surface area contributed by atoms with Gasteiger partial charge in [-0.25, -0.2) is 4.79 Å². The molecule has 1 aromatic heterocycles. The van der Waals surface area contributed by atoms with Crippen LogP contribution in [-0.2, 0) is 14.3 Å². The smallest absolute Gasteiger partial charge is 0.339 e. The highest BCUT2D eigenvalue weighted by atomic mass is 32.1. The standard InChI is InChI=1S/C20H23N5O4S/c1-29-18(28)14-7-2-3-8-15(14)21-17(27)13-6-4-10-24(12-13)19-22-23-20(30-19)25-11-5-9-16(25)26/h2-3,7-8,13H,4-6,9-12H2,1H3,(H,21,27). The Morgan fingerprint density at radius 2 is 1.97 bits per heavy atom. The van der Waals surface area contributed by atoms with E-state index in [4.69, 9.17) is 4.74 Å². The Labute approximate surface area is 178 Å². The van der Waals surface area contributed by atoms with Crippen LogP contribution >= 0.6 is 11.3 Å². The maximum atomic E-state index is 12.9. The number of esters is 1. The molecule has 10 heteroatoms. The van der Waals surface area contributed by atoms with Gasteiger partial charge in [-0.1, -0.05) is 23.5 Å². The lowest BCUT2D eigenvalue weighted by molar-refractivity contribution is -0.120. The third-order valence-electron chi connectivity index (χ3n) is 5.36. The van der Waals surface area contributed by atoms with Gasteiger partial charge < -0.3 is 15.0 Å². The number of amides is 2. The summed E-state index contributed by atoms with van der Waals surface area (Å²) in [6.45, 7) is 1.97. The van der Waals surface area contributed by atoms with Crippen molar-refractivity contribution in [1.82, 2.24) is 10.2 Å². The molecule has 9 nitrogen and oxygen atoms in total. The monoisotopic (exact) mass is 429 g/mol. The number of piperidine rings is 1. The zero-order chi connectivity index (χ0) is 21.1. The van der Waals surface area contributed by atoms with Gasteiger partial charge in [-0.05, 0) is 31.4 Å². The number of anilines is 3. The van der Waals surface area contributed by atoms with Gasteiger partial charge in [-0.15, -0.1) is 10.2 Å². The summed E-state index contributed by atoms with van der Waals surface area (Å²) in [6, 6.07) is 6.80. The number of benzene rings is 1. The molecule has 1 N–H and O–H groups in total. The second-order valence-corrected chi connectivity index (χ2v) is 8.26. The van der Waals surface area contributed by atoms with E-state index >= 15 is 0 Å². The zero-order valence-corrected chi connectivity index (χ0v) is 17.5. The minimum atomic E-state index is -0.492. The van der Waals surface area contributed by atoms with Crippen molar-refractivity contribution in [2.45, 2.75) is 25.7 Å². The summed E-state index contributed by atoms with van der Waals surface area (Å²) < 4.78 is 4.79. The van der Waals surface area contributed by atoms with E-state index < -0.39 is 5.97 Å². The molecular formula is C20H23N5O4S. The third kappa shape index (κ3) is 4.13. The van der Waals surface area contributed by atoms with Crippen LogP contribution in [0.15, 0.2) is 24.3 Å². The largest absolute Gasteiger partial charge is 0.465 e. The van der Waals surface area contributed by atoms with Gasteiger partial charge in [0.05, 0.1) is 24.3 Å². The van der Waals surface area contributed by atoms with E-state index in [1.54, 1.807) is 29.2 Å². The molecule has 2 amide bonds. The highest BCUT2D eigenvalue weighted by Gasteiger charge is 2.30. The molecule has 2 aliphatic rings. The summed E-state index contributed by atoms with van der Waals surface area (Å²) in [5.41, 5.74) is 0.766. The molecule has 30 heavy (non-hydrogen) atoms. The highest BCUT2D eigenvalue weighted by molar-refractivity contribution is 7.19. The van der Waals surface area contributed by atoms with Crippen LogP contribution in [0.4, 0.5) is 16.0 Å². The van der Waals surface area contributed by atoms with Crippen molar-refractivity contribution in [3.63, 3.8) is 0 Å². The fourth-order valence-corrected chi connectivity index (χ4v) is 4.70. The van der Waals surface area contributed by atoms with Crippen LogP contribution in [0.1, 0.15) is 36.0 Å². The second-order valence-electron chi connectivity index (χ2n) is 7.33. The van der Waals surface area contributed by atoms with Gasteiger partial charge >= 0.3 is 5.97 Å². The summed E-state index contributed by atoms with van der Waals surface area (Å²) in [4.78, 5) is 40.5. The predicted molar refractivity (Wildman–Crippen MR) is 113 cm³/mol. The lowest BCUT2D eigenvalue weighted by atomic mass is 9.97. The molecule has 2 aromatic rings. The van der Waals surface area contributed by atoms with Gasteiger partial charge in [0.15, 0.2) is 0 Å². The number of rotatable bonds is 5. The van der Waals surface area contributed by atoms with Gasteiger partial charge in [0.1, 0.15) is 0 Å². The molecule has 2 fully saturated rings. The summed E-state index contributed by atoms with van der Waals surface area (Å²) in [5, 5.41) is 12.6. The molecule has 2 saturated heterocycles. The van der Waals surface area contributed by atoms with Crippen LogP contribution in [0.2, 0.25) is 0 Å². The predicted octanol–water partition coefficient (Wildman–Crippen LogP) is 2.31. The van der Waals surface area contributed by atoms with Crippen molar-refractivity contribution in [3.8, 4) is 0 Å². The van der Waals surface area contributed by atoms with E-state index in [2.05, 4.69) is 15.5 Å². The highest BCUT2D eigenvalue weighted by Crippen LogP contribution is 2.32. The van der Waals surface area contributed by atoms with E-state index in [-0.39, 0.29) is 17.7 Å². The van der Waals surface area contributed by atoms with Gasteiger partial charge in [0, 0.05) is 26.1 Å². The molecule has 1 aromatic carbocycles. The van der Waals surface area contributed by atoms with Gasteiger partial charge in [-0.2, -0.15) is 0 Å². The Bertz CT molecular complexity index is 962. The Balaban J connectivity index is 1.43. The first-order valence-electron chi connectivity index (χ1n) is 9.94. The second kappa shape index (κ2) is 8.78. The molecule has 0 spiro atoms. The number of carbonyl (C=O) groups excluding carboxylic acids is 3. The van der Waals surface area contributed by atoms with Gasteiger partial charge in [0.25, 0.3) is 0 Å². The fourth-order valence-electron chi connectivity index (χ4n) is 3.78. The lowest BCUT2D eigenvalue weighted by Crippen LogP contribution is -2.40. The van der Waals surface area contributed by atoms with Crippen LogP contribution in [0.5, 0.6) is 0 Å². The first-order chi connectivity index (χ1) is 14.6. The third-order valence-corrected chi connectivity index (χ3v) is 6.37. The zero-order valence-electron chi connectivity index (χ0n) is 16.7. The van der Waals surface area contributed by atoms with Gasteiger partial charge in [0.2, 0.25) is 22.1 Å². The number of aromatic nitrogens is 2. The van der Waals surface area contributed by atoms with Gasteiger partial charge in [-0.3, -0.25) is 14.5 Å². The van der Waals surface area contributed by atoms with Crippen molar-refractivity contribution in [2.75, 3.05) is 41.9 Å². The van der Waals surface area contributed by atoms with Crippen LogP contribution in [0.3, 0.4) is 0 Å². The number of nitrogens with zero attached hydrogens (tertiary/aromatic N) is 4. The summed E-state index contributed by atoms with van der Waals surface area (Å²) in [5.74, 6) is -0.798. The topological polar surface area (TPSA) is 105 Å². The van der Waals surface area contributed by atoms with E-state index in [1.165, 1.54) is 18.4 Å². The fraction of sp³-hybridized carbons (Fsp3) is 0.450. The maximum absolute atomic E-state index is 12.9. The minimum absolute atomic E-state index is 0.0814. The van der Waals surface area contributed by atoms with Crippen molar-refractivity contribution in [1.29, 1.82) is 0 Å². The first-order valence-corrected chi connectivity index (χ1v) is 10.8. The average molecular weight is 430 g/mol. The van der Waals surface area contributed by atoms with E-state index in [9.17, 15) is 14.4 Å². The Morgan fingerprint density at radius 3 is 2.73 bits per heavy atom. The molecule has 0 radical (unpaired) electrons. The Kier molecular flexibility index (Phi) is 5.93. The van der Waals surface area contributed by atoms with Crippen LogP contribution < -0.4 is 15.1 Å². The van der Waals surface area contributed by atoms with Crippen molar-refractivity contribution < 1.29 is 19.1 Å². The number of hydrogen-bond donors (Lipinski definition) is 1. The molecule has 158 valence electrons. The van der Waals surface area contributed by atoms with Crippen molar-refractivity contribution in [3.05, 3.63) is 29.8 Å². The molecule has 0 saturated carbocycles. The maximum Gasteiger partial charge on any atom is 0.339 e. The summed E-state index contributed by atoms with van der Waals surface area (Å²) >= 11 is 1.38. The molecular weight excluding hydrogens is 406 g/mol. The number of para-hydroxylation sites is 1. The number of nitrogens with one attached hydrogen (secondary N) is 1. The van der Waals surface area contributed by atoms with Crippen molar-refractivity contribution in [2.24, 2.45) is 5.92 Å². The number of ether oxygens (including phenoxy) is 1. The molecule has 3 heterocycles. The summed E-state index contributed by atoms with van der Waals surface area (Å²) in [7, 11) is 1.31. The molecule has 0 aliphatic carbocycles. The molecule has 1 atom stereocenters. The van der Waals surface area contributed by atoms with E-state index in [0.717, 1.165) is 30.9 Å². The molecule has 0 bridgehead atoms. The number of methoxy groups -OCH3 is 1.